The number of ether oxygens (including phenoxy) is 1. The van der Waals surface area contributed by atoms with Crippen LogP contribution in [0.15, 0.2) is 11.4 Å². The lowest BCUT2D eigenvalue weighted by Gasteiger charge is -2.39. The fraction of sp³-hybridized carbons (Fsp3) is 0.810. The number of aromatic nitrogens is 2. The summed E-state index contributed by atoms with van der Waals surface area (Å²) < 4.78 is 5.51. The van der Waals surface area contributed by atoms with E-state index >= 15 is 0 Å². The van der Waals surface area contributed by atoms with Crippen molar-refractivity contribution in [1.82, 2.24) is 14.9 Å². The lowest BCUT2D eigenvalue weighted by molar-refractivity contribution is 0.00790. The first kappa shape index (κ1) is 19.1. The van der Waals surface area contributed by atoms with Gasteiger partial charge in [0.1, 0.15) is 17.2 Å². The zero-order chi connectivity index (χ0) is 18.9. The van der Waals surface area contributed by atoms with Crippen LogP contribution in [0.1, 0.15) is 56.4 Å². The number of rotatable bonds is 4. The van der Waals surface area contributed by atoms with Crippen molar-refractivity contribution in [2.24, 2.45) is 5.92 Å². The average Bonchev–Trinajstić information content (AvgIpc) is 3.13. The third-order valence-electron chi connectivity index (χ3n) is 7.23. The van der Waals surface area contributed by atoms with Crippen molar-refractivity contribution in [2.45, 2.75) is 73.2 Å². The number of hydrogen-bond donors (Lipinski definition) is 2. The highest BCUT2D eigenvalue weighted by Crippen LogP contribution is 2.54. The summed E-state index contributed by atoms with van der Waals surface area (Å²) in [5.41, 5.74) is 1.34. The molecule has 2 aliphatic heterocycles. The molecule has 1 aromatic heterocycles. The quantitative estimate of drug-likeness (QED) is 0.748. The minimum Gasteiger partial charge on any atom is -0.396 e. The zero-order valence-electron chi connectivity index (χ0n) is 16.6. The van der Waals surface area contributed by atoms with E-state index in [1.54, 1.807) is 6.33 Å². The number of hydrogen-bond acceptors (Lipinski definition) is 7. The molecule has 1 saturated heterocycles. The molecule has 2 saturated carbocycles. The molecule has 4 aliphatic rings. The number of aliphatic hydroxyl groups is 1. The van der Waals surface area contributed by atoms with Gasteiger partial charge in [-0.1, -0.05) is 0 Å². The summed E-state index contributed by atoms with van der Waals surface area (Å²) in [4.78, 5) is 11.9. The van der Waals surface area contributed by atoms with Gasteiger partial charge in [-0.05, 0) is 50.9 Å². The van der Waals surface area contributed by atoms with Crippen molar-refractivity contribution in [3.63, 3.8) is 0 Å². The molecule has 2 N–H and O–H groups in total. The van der Waals surface area contributed by atoms with Crippen LogP contribution in [0.3, 0.4) is 0 Å². The SMILES string of the molecule is OC[C@H]1CCC2Sc3ncnc(NC4CCC(N5CCOCC5)CC4)c3C2C1. The molecule has 0 aromatic carbocycles. The van der Waals surface area contributed by atoms with E-state index in [-0.39, 0.29) is 0 Å². The third-order valence-corrected chi connectivity index (χ3v) is 8.65. The second kappa shape index (κ2) is 8.46. The predicted molar refractivity (Wildman–Crippen MR) is 111 cm³/mol. The van der Waals surface area contributed by atoms with E-state index in [0.29, 0.717) is 29.7 Å². The Morgan fingerprint density at radius 3 is 2.71 bits per heavy atom. The standard InChI is InChI=1S/C21H32N4O2S/c26-12-14-1-6-18-17(11-14)19-20(22-13-23-21(19)28-18)24-15-2-4-16(5-3-15)25-7-9-27-10-8-25/h13-18,26H,1-12H2,(H,22,23,24)/t14-,15?,16?,17?,18?/m0/s1. The molecule has 0 radical (unpaired) electrons. The molecule has 28 heavy (non-hydrogen) atoms. The summed E-state index contributed by atoms with van der Waals surface area (Å²) in [6, 6.07) is 1.24. The zero-order valence-corrected chi connectivity index (χ0v) is 17.4. The van der Waals surface area contributed by atoms with Crippen LogP contribution < -0.4 is 5.32 Å². The smallest absolute Gasteiger partial charge is 0.134 e. The molecule has 2 aliphatic carbocycles. The van der Waals surface area contributed by atoms with Crippen LogP contribution in [0, 0.1) is 5.92 Å². The summed E-state index contributed by atoms with van der Waals surface area (Å²) in [6.45, 7) is 4.27. The fourth-order valence-corrected chi connectivity index (χ4v) is 7.06. The molecule has 0 bridgehead atoms. The molecular weight excluding hydrogens is 372 g/mol. The molecule has 6 nitrogen and oxygen atoms in total. The summed E-state index contributed by atoms with van der Waals surface area (Å²) in [5, 5.41) is 15.2. The Morgan fingerprint density at radius 1 is 1.11 bits per heavy atom. The first-order valence-electron chi connectivity index (χ1n) is 11.0. The number of thioether (sulfide) groups is 1. The number of nitrogens with zero attached hydrogens (tertiary/aromatic N) is 3. The van der Waals surface area contributed by atoms with Gasteiger partial charge in [-0.3, -0.25) is 4.90 Å². The van der Waals surface area contributed by atoms with Crippen molar-refractivity contribution >= 4 is 17.6 Å². The van der Waals surface area contributed by atoms with Crippen molar-refractivity contribution in [3.8, 4) is 0 Å². The van der Waals surface area contributed by atoms with E-state index in [1.807, 2.05) is 11.8 Å². The van der Waals surface area contributed by atoms with Crippen LogP contribution in [0.5, 0.6) is 0 Å². The van der Waals surface area contributed by atoms with E-state index in [2.05, 4.69) is 20.2 Å². The monoisotopic (exact) mass is 404 g/mol. The number of fused-ring (bicyclic) bond motifs is 3. The molecular formula is C21H32N4O2S. The van der Waals surface area contributed by atoms with Gasteiger partial charge in [0.15, 0.2) is 0 Å². The van der Waals surface area contributed by atoms with E-state index in [0.717, 1.165) is 51.0 Å². The van der Waals surface area contributed by atoms with Gasteiger partial charge in [0.25, 0.3) is 0 Å². The first-order valence-corrected chi connectivity index (χ1v) is 11.9. The number of anilines is 1. The van der Waals surface area contributed by atoms with Gasteiger partial charge in [0.2, 0.25) is 0 Å². The Kier molecular flexibility index (Phi) is 5.77. The molecule has 5 rings (SSSR count). The number of aliphatic hydroxyl groups excluding tert-OH is 1. The van der Waals surface area contributed by atoms with E-state index < -0.39 is 0 Å². The molecule has 1 aromatic rings. The van der Waals surface area contributed by atoms with Gasteiger partial charge < -0.3 is 15.2 Å². The largest absolute Gasteiger partial charge is 0.396 e. The Morgan fingerprint density at radius 2 is 1.93 bits per heavy atom. The average molecular weight is 405 g/mol. The Labute approximate surface area is 171 Å². The highest BCUT2D eigenvalue weighted by molar-refractivity contribution is 8.00. The van der Waals surface area contributed by atoms with Crippen LogP contribution in [0.4, 0.5) is 5.82 Å². The Balaban J connectivity index is 1.24. The topological polar surface area (TPSA) is 70.5 Å². The lowest BCUT2D eigenvalue weighted by Crippen LogP contribution is -2.46. The maximum atomic E-state index is 9.66. The van der Waals surface area contributed by atoms with Crippen LogP contribution in [0.25, 0.3) is 0 Å². The summed E-state index contributed by atoms with van der Waals surface area (Å²) in [6.07, 6.45) is 10.1. The van der Waals surface area contributed by atoms with Gasteiger partial charge >= 0.3 is 0 Å². The highest BCUT2D eigenvalue weighted by Gasteiger charge is 2.41. The maximum absolute atomic E-state index is 9.66. The molecule has 154 valence electrons. The minimum atomic E-state index is 0.311. The number of nitrogens with one attached hydrogen (secondary N) is 1. The van der Waals surface area contributed by atoms with E-state index in [4.69, 9.17) is 4.74 Å². The number of morpholine rings is 1. The highest BCUT2D eigenvalue weighted by atomic mass is 32.2. The van der Waals surface area contributed by atoms with E-state index in [1.165, 1.54) is 42.7 Å². The summed E-state index contributed by atoms with van der Waals surface area (Å²) in [5.74, 6) is 2.00. The van der Waals surface area contributed by atoms with E-state index in [9.17, 15) is 5.11 Å². The van der Waals surface area contributed by atoms with Gasteiger partial charge in [0, 0.05) is 48.5 Å². The van der Waals surface area contributed by atoms with Gasteiger partial charge in [-0.25, -0.2) is 9.97 Å². The fourth-order valence-electron chi connectivity index (χ4n) is 5.63. The molecule has 3 atom stereocenters. The molecule has 7 heteroatoms. The predicted octanol–water partition coefficient (Wildman–Crippen LogP) is 2.88. The van der Waals surface area contributed by atoms with Gasteiger partial charge in [0.05, 0.1) is 13.2 Å². The maximum Gasteiger partial charge on any atom is 0.134 e. The van der Waals surface area contributed by atoms with Crippen molar-refractivity contribution < 1.29 is 9.84 Å². The minimum absolute atomic E-state index is 0.311. The van der Waals surface area contributed by atoms with Crippen molar-refractivity contribution in [1.29, 1.82) is 0 Å². The second-order valence-corrected chi connectivity index (χ2v) is 10.1. The summed E-state index contributed by atoms with van der Waals surface area (Å²) >= 11 is 1.94. The van der Waals surface area contributed by atoms with Gasteiger partial charge in [-0.2, -0.15) is 0 Å². The van der Waals surface area contributed by atoms with Crippen LogP contribution in [-0.4, -0.2) is 70.2 Å². The Hall–Kier alpha value is -0.890. The second-order valence-electron chi connectivity index (χ2n) is 8.86. The first-order chi connectivity index (χ1) is 13.8. The van der Waals surface area contributed by atoms with Crippen molar-refractivity contribution in [2.75, 3.05) is 38.2 Å². The summed E-state index contributed by atoms with van der Waals surface area (Å²) in [7, 11) is 0. The molecule has 0 spiro atoms. The van der Waals surface area contributed by atoms with Crippen LogP contribution in [-0.2, 0) is 4.74 Å². The van der Waals surface area contributed by atoms with Crippen molar-refractivity contribution in [3.05, 3.63) is 11.9 Å². The molecule has 2 unspecified atom stereocenters. The molecule has 3 heterocycles. The normalized spacial score (nSPS) is 36.0. The molecule has 0 amide bonds. The Bertz CT molecular complexity index is 676. The van der Waals surface area contributed by atoms with Gasteiger partial charge in [-0.15, -0.1) is 11.8 Å². The van der Waals surface area contributed by atoms with Crippen LogP contribution >= 0.6 is 11.8 Å². The lowest BCUT2D eigenvalue weighted by atomic mass is 9.78. The molecule has 3 fully saturated rings. The van der Waals surface area contributed by atoms with Crippen LogP contribution in [0.2, 0.25) is 0 Å². The third kappa shape index (κ3) is 3.78.